The fourth-order valence-corrected chi connectivity index (χ4v) is 5.13. The van der Waals surface area contributed by atoms with Crippen LogP contribution in [0.1, 0.15) is 17.9 Å². The minimum absolute atomic E-state index is 0.00945. The van der Waals surface area contributed by atoms with Crippen molar-refractivity contribution in [2.45, 2.75) is 18.4 Å². The molecule has 4 rings (SSSR count). The van der Waals surface area contributed by atoms with Gasteiger partial charge < -0.3 is 23.9 Å². The Kier molecular flexibility index (Phi) is 6.48. The number of halogens is 2. The fraction of sp³-hybridized carbons (Fsp3) is 0.348. The van der Waals surface area contributed by atoms with E-state index < -0.39 is 0 Å². The van der Waals surface area contributed by atoms with Gasteiger partial charge in [0, 0.05) is 38.8 Å². The molecule has 2 unspecified atom stereocenters. The summed E-state index contributed by atoms with van der Waals surface area (Å²) in [5.41, 5.74) is 1.59. The van der Waals surface area contributed by atoms with Gasteiger partial charge in [-0.05, 0) is 54.7 Å². The highest BCUT2D eigenvalue weighted by Crippen LogP contribution is 2.45. The van der Waals surface area contributed by atoms with Crippen molar-refractivity contribution in [1.29, 1.82) is 0 Å². The summed E-state index contributed by atoms with van der Waals surface area (Å²) in [6.07, 6.45) is 0.803. The molecular formula is C23H23ClINO5. The summed E-state index contributed by atoms with van der Waals surface area (Å²) in [4.78, 5) is 15.4. The summed E-state index contributed by atoms with van der Waals surface area (Å²) in [5.74, 6) is 1.27. The van der Waals surface area contributed by atoms with Crippen LogP contribution in [0.5, 0.6) is 11.5 Å². The lowest BCUT2D eigenvalue weighted by Crippen LogP contribution is -2.32. The SMILES string of the molecule is COc1cc(OC)c2c(=O)cc(-c3cccc(I)c3Cl)oc2c1C1CCN(C)C1CO. The van der Waals surface area contributed by atoms with Gasteiger partial charge in [-0.25, -0.2) is 0 Å². The van der Waals surface area contributed by atoms with E-state index in [-0.39, 0.29) is 24.0 Å². The largest absolute Gasteiger partial charge is 0.496 e. The third kappa shape index (κ3) is 3.82. The number of aliphatic hydroxyl groups excluding tert-OH is 1. The van der Waals surface area contributed by atoms with E-state index in [0.717, 1.165) is 22.1 Å². The molecule has 6 nitrogen and oxygen atoms in total. The second kappa shape index (κ2) is 8.97. The number of ether oxygens (including phenoxy) is 2. The molecule has 0 radical (unpaired) electrons. The van der Waals surface area contributed by atoms with Gasteiger partial charge in [-0.2, -0.15) is 0 Å². The smallest absolute Gasteiger partial charge is 0.197 e. The van der Waals surface area contributed by atoms with Crippen LogP contribution in [-0.2, 0) is 0 Å². The molecule has 31 heavy (non-hydrogen) atoms. The molecule has 1 fully saturated rings. The van der Waals surface area contributed by atoms with Crippen molar-refractivity contribution in [2.75, 3.05) is 34.4 Å². The van der Waals surface area contributed by atoms with Crippen LogP contribution in [0, 0.1) is 3.57 Å². The summed E-state index contributed by atoms with van der Waals surface area (Å²) in [6, 6.07) is 8.64. The molecule has 1 aliphatic rings. The van der Waals surface area contributed by atoms with Gasteiger partial charge in [0.05, 0.1) is 25.8 Å². The average Bonchev–Trinajstić information content (AvgIpc) is 3.13. The zero-order valence-corrected chi connectivity index (χ0v) is 20.4. The number of hydrogen-bond acceptors (Lipinski definition) is 6. The van der Waals surface area contributed by atoms with E-state index in [1.165, 1.54) is 13.2 Å². The predicted octanol–water partition coefficient (Wildman–Crippen LogP) is 4.52. The first-order chi connectivity index (χ1) is 14.9. The highest BCUT2D eigenvalue weighted by Gasteiger charge is 2.37. The van der Waals surface area contributed by atoms with Crippen LogP contribution in [0.4, 0.5) is 0 Å². The minimum Gasteiger partial charge on any atom is -0.496 e. The Labute approximate surface area is 198 Å². The number of benzene rings is 2. The van der Waals surface area contributed by atoms with Gasteiger partial charge in [-0.1, -0.05) is 17.7 Å². The monoisotopic (exact) mass is 555 g/mol. The number of rotatable bonds is 5. The highest BCUT2D eigenvalue weighted by atomic mass is 127. The van der Waals surface area contributed by atoms with Crippen molar-refractivity contribution in [2.24, 2.45) is 0 Å². The minimum atomic E-state index is -0.223. The number of hydrogen-bond donors (Lipinski definition) is 1. The quantitative estimate of drug-likeness (QED) is 0.467. The van der Waals surface area contributed by atoms with Crippen LogP contribution >= 0.6 is 34.2 Å². The fourth-order valence-electron chi connectivity index (χ4n) is 4.42. The molecule has 0 amide bonds. The maximum absolute atomic E-state index is 13.2. The Morgan fingerprint density at radius 3 is 2.68 bits per heavy atom. The standard InChI is InChI=1S/C23H23ClINO5/c1-26-8-7-12(15(26)11-27)20-18(29-2)10-19(30-3)21-16(28)9-17(31-23(20)21)13-5-4-6-14(25)22(13)24/h4-6,9-10,12,15,27H,7-8,11H2,1-3H3. The van der Waals surface area contributed by atoms with E-state index in [9.17, 15) is 9.90 Å². The van der Waals surface area contributed by atoms with Gasteiger partial charge in [-0.15, -0.1) is 0 Å². The number of methoxy groups -OCH3 is 2. The van der Waals surface area contributed by atoms with E-state index in [0.29, 0.717) is 38.8 Å². The van der Waals surface area contributed by atoms with Crippen molar-refractivity contribution in [3.8, 4) is 22.8 Å². The molecule has 164 valence electrons. The molecule has 0 bridgehead atoms. The van der Waals surface area contributed by atoms with Crippen molar-refractivity contribution in [3.05, 3.63) is 54.7 Å². The van der Waals surface area contributed by atoms with Crippen LogP contribution < -0.4 is 14.9 Å². The average molecular weight is 556 g/mol. The molecule has 1 aromatic heterocycles. The Morgan fingerprint density at radius 1 is 1.26 bits per heavy atom. The maximum Gasteiger partial charge on any atom is 0.197 e. The molecule has 8 heteroatoms. The van der Waals surface area contributed by atoms with Crippen LogP contribution in [0.25, 0.3) is 22.3 Å². The van der Waals surface area contributed by atoms with Crippen molar-refractivity contribution in [1.82, 2.24) is 4.90 Å². The van der Waals surface area contributed by atoms with Crippen LogP contribution in [-0.4, -0.2) is 50.5 Å². The zero-order valence-electron chi connectivity index (χ0n) is 17.4. The summed E-state index contributed by atoms with van der Waals surface area (Å²) < 4.78 is 18.4. The molecule has 3 aromatic rings. The van der Waals surface area contributed by atoms with Crippen molar-refractivity contribution in [3.63, 3.8) is 0 Å². The Bertz CT molecular complexity index is 1190. The van der Waals surface area contributed by atoms with Crippen LogP contribution in [0.3, 0.4) is 0 Å². The number of nitrogens with zero attached hydrogens (tertiary/aromatic N) is 1. The Morgan fingerprint density at radius 2 is 2.00 bits per heavy atom. The molecule has 2 heterocycles. The van der Waals surface area contributed by atoms with E-state index in [1.54, 1.807) is 13.2 Å². The topological polar surface area (TPSA) is 72.1 Å². The van der Waals surface area contributed by atoms with Crippen molar-refractivity contribution >= 4 is 45.2 Å². The molecule has 1 saturated heterocycles. The van der Waals surface area contributed by atoms with E-state index in [2.05, 4.69) is 27.5 Å². The Balaban J connectivity index is 2.07. The van der Waals surface area contributed by atoms with Crippen LogP contribution in [0.2, 0.25) is 5.02 Å². The molecule has 0 aliphatic carbocycles. The third-order valence-electron chi connectivity index (χ3n) is 6.00. The summed E-state index contributed by atoms with van der Waals surface area (Å²) in [7, 11) is 5.07. The lowest BCUT2D eigenvalue weighted by molar-refractivity contribution is 0.171. The van der Waals surface area contributed by atoms with Crippen molar-refractivity contribution < 1.29 is 19.0 Å². The van der Waals surface area contributed by atoms with E-state index >= 15 is 0 Å². The van der Waals surface area contributed by atoms with Gasteiger partial charge in [0.2, 0.25) is 0 Å². The van der Waals surface area contributed by atoms with E-state index in [4.69, 9.17) is 25.5 Å². The van der Waals surface area contributed by atoms with Gasteiger partial charge >= 0.3 is 0 Å². The second-order valence-corrected chi connectivity index (χ2v) is 9.14. The number of fused-ring (bicyclic) bond motifs is 1. The number of likely N-dealkylation sites (tertiary alicyclic amines) is 1. The number of aliphatic hydroxyl groups is 1. The van der Waals surface area contributed by atoms with E-state index in [1.807, 2.05) is 25.2 Å². The zero-order chi connectivity index (χ0) is 22.3. The molecule has 1 aliphatic heterocycles. The van der Waals surface area contributed by atoms with Gasteiger partial charge in [0.15, 0.2) is 5.43 Å². The third-order valence-corrected chi connectivity index (χ3v) is 7.63. The Hall–Kier alpha value is -1.81. The first-order valence-corrected chi connectivity index (χ1v) is 11.3. The lowest BCUT2D eigenvalue weighted by Gasteiger charge is -2.25. The van der Waals surface area contributed by atoms with Crippen LogP contribution in [0.15, 0.2) is 39.5 Å². The van der Waals surface area contributed by atoms with Gasteiger partial charge in [0.1, 0.15) is 28.2 Å². The molecular weight excluding hydrogens is 533 g/mol. The lowest BCUT2D eigenvalue weighted by atomic mass is 9.89. The first-order valence-electron chi connectivity index (χ1n) is 9.89. The molecule has 1 N–H and O–H groups in total. The molecule has 2 aromatic carbocycles. The summed E-state index contributed by atoms with van der Waals surface area (Å²) in [6.45, 7) is 0.809. The second-order valence-electron chi connectivity index (χ2n) is 7.60. The molecule has 2 atom stereocenters. The molecule has 0 spiro atoms. The predicted molar refractivity (Wildman–Crippen MR) is 130 cm³/mol. The van der Waals surface area contributed by atoms with Gasteiger partial charge in [-0.3, -0.25) is 4.79 Å². The van der Waals surface area contributed by atoms with Gasteiger partial charge in [0.25, 0.3) is 0 Å². The maximum atomic E-state index is 13.2. The number of likely N-dealkylation sites (N-methyl/N-ethyl adjacent to an activating group) is 1. The molecule has 0 saturated carbocycles. The first kappa shape index (κ1) is 22.4. The highest BCUT2D eigenvalue weighted by molar-refractivity contribution is 14.1. The summed E-state index contributed by atoms with van der Waals surface area (Å²) in [5, 5.41) is 10.9. The summed E-state index contributed by atoms with van der Waals surface area (Å²) >= 11 is 8.67. The normalized spacial score (nSPS) is 19.2.